The summed E-state index contributed by atoms with van der Waals surface area (Å²) in [6.07, 6.45) is 11.0. The van der Waals surface area contributed by atoms with Gasteiger partial charge in [-0.1, -0.05) is 115 Å². The summed E-state index contributed by atoms with van der Waals surface area (Å²) in [7, 11) is 0. The zero-order chi connectivity index (χ0) is 20.5. The monoisotopic (exact) mass is 380 g/mol. The van der Waals surface area contributed by atoms with Crippen LogP contribution in [0.2, 0.25) is 0 Å². The highest BCUT2D eigenvalue weighted by Crippen LogP contribution is 2.57. The maximum Gasteiger partial charge on any atom is 0.119 e. The second kappa shape index (κ2) is 10.7. The van der Waals surface area contributed by atoms with Gasteiger partial charge in [-0.15, -0.1) is 0 Å². The van der Waals surface area contributed by atoms with Gasteiger partial charge in [0.25, 0.3) is 0 Å². The van der Waals surface area contributed by atoms with Gasteiger partial charge in [0, 0.05) is 11.0 Å². The Morgan fingerprint density at radius 1 is 0.679 bits per heavy atom. The molecule has 0 saturated heterocycles. The molecule has 1 unspecified atom stereocenters. The fourth-order valence-electron chi connectivity index (χ4n) is 5.09. The number of rotatable bonds is 12. The van der Waals surface area contributed by atoms with Gasteiger partial charge in [0.15, 0.2) is 0 Å². The van der Waals surface area contributed by atoms with Crippen LogP contribution in [0.25, 0.3) is 0 Å². The van der Waals surface area contributed by atoms with Gasteiger partial charge in [-0.25, -0.2) is 0 Å². The Hall–Kier alpha value is -1.76. The van der Waals surface area contributed by atoms with Crippen molar-refractivity contribution in [3.63, 3.8) is 0 Å². The van der Waals surface area contributed by atoms with Crippen LogP contribution >= 0.6 is 0 Å². The molecule has 0 bridgehead atoms. The Morgan fingerprint density at radius 2 is 1.14 bits per heavy atom. The molecule has 1 N–H and O–H groups in total. The number of hydrogen-bond donors (Lipinski definition) is 1. The summed E-state index contributed by atoms with van der Waals surface area (Å²) in [6.45, 7) is 9.29. The number of hydrogen-bond acceptors (Lipinski definition) is 1. The van der Waals surface area contributed by atoms with E-state index in [4.69, 9.17) is 0 Å². The molecule has 1 atom stereocenters. The quantitative estimate of drug-likeness (QED) is 0.393. The maximum atomic E-state index is 10.9. The van der Waals surface area contributed by atoms with E-state index in [1.54, 1.807) is 0 Å². The lowest BCUT2D eigenvalue weighted by Gasteiger charge is -2.51. The fraction of sp³-hybridized carbons (Fsp3) is 0.556. The molecule has 2 aromatic carbocycles. The second-order valence-corrected chi connectivity index (χ2v) is 8.60. The molecule has 0 heterocycles. The highest BCUT2D eigenvalue weighted by Gasteiger charge is 2.49. The van der Waals surface area contributed by atoms with Crippen LogP contribution in [-0.4, -0.2) is 5.11 Å². The second-order valence-electron chi connectivity index (χ2n) is 8.60. The molecule has 0 amide bonds. The molecule has 1 heteroatoms. The minimum Gasteiger partial charge on any atom is -0.508 e. The topological polar surface area (TPSA) is 20.2 Å². The fourth-order valence-corrected chi connectivity index (χ4v) is 5.09. The van der Waals surface area contributed by atoms with Crippen molar-refractivity contribution in [1.82, 2.24) is 0 Å². The molecule has 28 heavy (non-hydrogen) atoms. The summed E-state index contributed by atoms with van der Waals surface area (Å²) in [5, 5.41) is 10.9. The molecule has 154 valence electrons. The summed E-state index contributed by atoms with van der Waals surface area (Å²) in [4.78, 5) is 0. The standard InChI is InChI=1S/C27H40O/c1-5-8-20-27(21-9-6-2,22-10-7-3)26(4,23-16-12-11-13-17-23)24-18-14-15-19-25(24)28/h11-19,28H,5-10,20-22H2,1-4H3. The van der Waals surface area contributed by atoms with E-state index in [1.165, 1.54) is 63.4 Å². The minimum atomic E-state index is -0.209. The third-order valence-corrected chi connectivity index (χ3v) is 6.88. The molecule has 0 saturated carbocycles. The maximum absolute atomic E-state index is 10.9. The highest BCUT2D eigenvalue weighted by atomic mass is 16.3. The number of aromatic hydroxyl groups is 1. The van der Waals surface area contributed by atoms with Crippen molar-refractivity contribution in [2.75, 3.05) is 0 Å². The van der Waals surface area contributed by atoms with Crippen LogP contribution in [0.15, 0.2) is 54.6 Å². The molecule has 0 aromatic heterocycles. The van der Waals surface area contributed by atoms with Crippen LogP contribution in [0.5, 0.6) is 5.75 Å². The highest BCUT2D eigenvalue weighted by molar-refractivity contribution is 5.48. The van der Waals surface area contributed by atoms with Crippen molar-refractivity contribution in [2.24, 2.45) is 5.41 Å². The number of benzene rings is 2. The van der Waals surface area contributed by atoms with Crippen LogP contribution < -0.4 is 0 Å². The summed E-state index contributed by atoms with van der Waals surface area (Å²) in [6, 6.07) is 19.0. The lowest BCUT2D eigenvalue weighted by Crippen LogP contribution is -2.45. The first-order valence-electron chi connectivity index (χ1n) is 11.4. The average molecular weight is 381 g/mol. The van der Waals surface area contributed by atoms with Crippen molar-refractivity contribution >= 4 is 0 Å². The summed E-state index contributed by atoms with van der Waals surface area (Å²) in [5.74, 6) is 0.433. The number of phenolic OH excluding ortho intramolecular Hbond substituents is 1. The largest absolute Gasteiger partial charge is 0.508 e. The molecule has 0 aliphatic heterocycles. The van der Waals surface area contributed by atoms with Crippen molar-refractivity contribution in [1.29, 1.82) is 0 Å². The zero-order valence-electron chi connectivity index (χ0n) is 18.5. The Kier molecular flexibility index (Phi) is 8.60. The van der Waals surface area contributed by atoms with Crippen molar-refractivity contribution in [3.05, 3.63) is 65.7 Å². The first-order chi connectivity index (χ1) is 13.6. The van der Waals surface area contributed by atoms with Gasteiger partial charge in [-0.2, -0.15) is 0 Å². The normalized spacial score (nSPS) is 14.0. The predicted octanol–water partition coefficient (Wildman–Crippen LogP) is 8.26. The van der Waals surface area contributed by atoms with Crippen LogP contribution in [0.3, 0.4) is 0 Å². The molecule has 0 aliphatic carbocycles. The number of phenols is 1. The summed E-state index contributed by atoms with van der Waals surface area (Å²) >= 11 is 0. The van der Waals surface area contributed by atoms with E-state index in [2.05, 4.69) is 70.2 Å². The van der Waals surface area contributed by atoms with E-state index in [9.17, 15) is 5.11 Å². The van der Waals surface area contributed by atoms with E-state index >= 15 is 0 Å². The SMILES string of the molecule is CCCCC(CCCC)(CCCC)C(C)(c1ccccc1)c1ccccc1O. The third kappa shape index (κ3) is 4.62. The third-order valence-electron chi connectivity index (χ3n) is 6.88. The van der Waals surface area contributed by atoms with E-state index in [0.717, 1.165) is 5.56 Å². The van der Waals surface area contributed by atoms with Crippen molar-refractivity contribution in [2.45, 2.75) is 90.9 Å². The van der Waals surface area contributed by atoms with E-state index < -0.39 is 0 Å². The number of unbranched alkanes of at least 4 members (excludes halogenated alkanes) is 3. The van der Waals surface area contributed by atoms with E-state index in [-0.39, 0.29) is 10.8 Å². The number of para-hydroxylation sites is 1. The first-order valence-corrected chi connectivity index (χ1v) is 11.4. The smallest absolute Gasteiger partial charge is 0.119 e. The van der Waals surface area contributed by atoms with Gasteiger partial charge in [-0.05, 0) is 36.3 Å². The van der Waals surface area contributed by atoms with Crippen molar-refractivity contribution in [3.8, 4) is 5.75 Å². The van der Waals surface area contributed by atoms with E-state index in [1.807, 2.05) is 12.1 Å². The Bertz CT molecular complexity index is 669. The predicted molar refractivity (Wildman–Crippen MR) is 122 cm³/mol. The van der Waals surface area contributed by atoms with Gasteiger partial charge >= 0.3 is 0 Å². The summed E-state index contributed by atoms with van der Waals surface area (Å²) in [5.41, 5.74) is 2.36. The molecule has 0 spiro atoms. The molecular formula is C27H40O. The van der Waals surface area contributed by atoms with Gasteiger partial charge in [0.05, 0.1) is 0 Å². The molecule has 0 fully saturated rings. The van der Waals surface area contributed by atoms with Gasteiger partial charge in [-0.3, -0.25) is 0 Å². The average Bonchev–Trinajstić information content (AvgIpc) is 2.74. The van der Waals surface area contributed by atoms with Gasteiger partial charge in [0.1, 0.15) is 5.75 Å². The Morgan fingerprint density at radius 3 is 1.61 bits per heavy atom. The molecular weight excluding hydrogens is 340 g/mol. The molecule has 2 rings (SSSR count). The van der Waals surface area contributed by atoms with Gasteiger partial charge < -0.3 is 5.11 Å². The lowest BCUT2D eigenvalue weighted by atomic mass is 9.52. The minimum absolute atomic E-state index is 0.148. The first kappa shape index (κ1) is 22.5. The lowest BCUT2D eigenvalue weighted by molar-refractivity contribution is 0.104. The van der Waals surface area contributed by atoms with Gasteiger partial charge in [0.2, 0.25) is 0 Å². The van der Waals surface area contributed by atoms with E-state index in [0.29, 0.717) is 5.75 Å². The van der Waals surface area contributed by atoms with Crippen LogP contribution in [-0.2, 0) is 5.41 Å². The van der Waals surface area contributed by atoms with Crippen molar-refractivity contribution < 1.29 is 5.11 Å². The molecule has 0 aliphatic rings. The van der Waals surface area contributed by atoms with Crippen LogP contribution in [0.1, 0.15) is 96.6 Å². The summed E-state index contributed by atoms with van der Waals surface area (Å²) < 4.78 is 0. The molecule has 1 nitrogen and oxygen atoms in total. The van der Waals surface area contributed by atoms with Crippen LogP contribution in [0.4, 0.5) is 0 Å². The van der Waals surface area contributed by atoms with Crippen LogP contribution in [0, 0.1) is 5.41 Å². The Balaban J connectivity index is 2.74. The molecule has 0 radical (unpaired) electrons. The zero-order valence-corrected chi connectivity index (χ0v) is 18.5. The Labute approximate surface area is 173 Å². The molecule has 2 aromatic rings.